The van der Waals surface area contributed by atoms with Gasteiger partial charge < -0.3 is 14.1 Å². The fraction of sp³-hybridized carbons (Fsp3) is 0.222. The monoisotopic (exact) mass is 364 g/mol. The lowest BCUT2D eigenvalue weighted by molar-refractivity contribution is -0.138. The molecule has 1 N–H and O–H groups in total. The van der Waals surface area contributed by atoms with E-state index in [1.165, 1.54) is 22.6 Å². The van der Waals surface area contributed by atoms with Crippen molar-refractivity contribution in [2.75, 3.05) is 6.61 Å². The van der Waals surface area contributed by atoms with Crippen LogP contribution in [0, 0.1) is 6.92 Å². The Morgan fingerprint density at radius 1 is 1.27 bits per heavy atom. The molecule has 0 aliphatic carbocycles. The SMILES string of the molecule is CCOC(=O)C=Cc1c(C)cc2c(=O)[nH]c3cc(C(F)(F)F)ccc3n12. The first kappa shape index (κ1) is 17.8. The zero-order valence-electron chi connectivity index (χ0n) is 14.0. The number of nitrogens with one attached hydrogen (secondary N) is 1. The molecule has 136 valence electrons. The molecule has 2 heterocycles. The first-order chi connectivity index (χ1) is 12.2. The van der Waals surface area contributed by atoms with Crippen molar-refractivity contribution in [1.82, 2.24) is 9.38 Å². The van der Waals surface area contributed by atoms with Crippen LogP contribution in [0.1, 0.15) is 23.7 Å². The van der Waals surface area contributed by atoms with E-state index in [9.17, 15) is 22.8 Å². The molecule has 2 aromatic heterocycles. The van der Waals surface area contributed by atoms with Crippen molar-refractivity contribution in [2.24, 2.45) is 0 Å². The number of H-pyrrole nitrogens is 1. The first-order valence-corrected chi connectivity index (χ1v) is 7.82. The lowest BCUT2D eigenvalue weighted by Crippen LogP contribution is -2.12. The van der Waals surface area contributed by atoms with Gasteiger partial charge in [-0.1, -0.05) is 0 Å². The number of aryl methyl sites for hydroxylation is 1. The average molecular weight is 364 g/mol. The summed E-state index contributed by atoms with van der Waals surface area (Å²) in [4.78, 5) is 26.3. The molecule has 0 fully saturated rings. The van der Waals surface area contributed by atoms with E-state index in [1.54, 1.807) is 19.9 Å². The number of nitrogens with zero attached hydrogens (tertiary/aromatic N) is 1. The fourth-order valence-electron chi connectivity index (χ4n) is 2.81. The van der Waals surface area contributed by atoms with Crippen molar-refractivity contribution in [1.29, 1.82) is 0 Å². The summed E-state index contributed by atoms with van der Waals surface area (Å²) in [5, 5.41) is 0. The van der Waals surface area contributed by atoms with Gasteiger partial charge in [0.2, 0.25) is 0 Å². The molecule has 0 saturated carbocycles. The van der Waals surface area contributed by atoms with Gasteiger partial charge in [0.05, 0.1) is 23.2 Å². The van der Waals surface area contributed by atoms with Crippen molar-refractivity contribution in [3.63, 3.8) is 0 Å². The van der Waals surface area contributed by atoms with E-state index < -0.39 is 23.3 Å². The number of rotatable bonds is 3. The molecule has 1 aromatic carbocycles. The number of halogens is 3. The van der Waals surface area contributed by atoms with Crippen LogP contribution >= 0.6 is 0 Å². The van der Waals surface area contributed by atoms with E-state index in [4.69, 9.17) is 4.74 Å². The van der Waals surface area contributed by atoms with Gasteiger partial charge in [0.15, 0.2) is 0 Å². The maximum Gasteiger partial charge on any atom is 0.416 e. The molecule has 0 aliphatic rings. The Morgan fingerprint density at radius 2 is 2.00 bits per heavy atom. The highest BCUT2D eigenvalue weighted by Crippen LogP contribution is 2.31. The predicted octanol–water partition coefficient (Wildman–Crippen LogP) is 3.68. The molecule has 0 amide bonds. The van der Waals surface area contributed by atoms with Crippen LogP contribution in [0.15, 0.2) is 35.1 Å². The second-order valence-corrected chi connectivity index (χ2v) is 5.70. The second kappa shape index (κ2) is 6.36. The maximum atomic E-state index is 12.9. The first-order valence-electron chi connectivity index (χ1n) is 7.82. The number of carbonyl (C=O) groups is 1. The Labute approximate surface area is 145 Å². The molecular formula is C18H15F3N2O3. The number of hydrogen-bond donors (Lipinski definition) is 1. The molecular weight excluding hydrogens is 349 g/mol. The normalized spacial score (nSPS) is 12.3. The molecule has 0 saturated heterocycles. The summed E-state index contributed by atoms with van der Waals surface area (Å²) in [6.07, 6.45) is -1.81. The standard InChI is InChI=1S/C18H15F3N2O3/c1-3-26-16(24)7-6-13-10(2)8-15-17(25)22-12-9-11(18(19,20)21)4-5-14(12)23(13)15/h4-9H,3H2,1-2H3,(H,22,25). The van der Waals surface area contributed by atoms with Gasteiger partial charge >= 0.3 is 12.1 Å². The van der Waals surface area contributed by atoms with Gasteiger partial charge in [-0.3, -0.25) is 4.79 Å². The van der Waals surface area contributed by atoms with Crippen LogP contribution in [0.2, 0.25) is 0 Å². The summed E-state index contributed by atoms with van der Waals surface area (Å²) in [5.41, 5.74) is 0.566. The number of alkyl halides is 3. The second-order valence-electron chi connectivity index (χ2n) is 5.70. The lowest BCUT2D eigenvalue weighted by atomic mass is 10.2. The van der Waals surface area contributed by atoms with Gasteiger partial charge in [-0.15, -0.1) is 0 Å². The van der Waals surface area contributed by atoms with E-state index in [2.05, 4.69) is 4.98 Å². The fourth-order valence-corrected chi connectivity index (χ4v) is 2.81. The van der Waals surface area contributed by atoms with Gasteiger partial charge in [0, 0.05) is 11.8 Å². The molecule has 0 atom stereocenters. The quantitative estimate of drug-likeness (QED) is 0.570. The van der Waals surface area contributed by atoms with Crippen molar-refractivity contribution in [3.05, 3.63) is 57.5 Å². The van der Waals surface area contributed by atoms with Crippen LogP contribution in [0.4, 0.5) is 13.2 Å². The Morgan fingerprint density at radius 3 is 2.65 bits per heavy atom. The largest absolute Gasteiger partial charge is 0.463 e. The molecule has 5 nitrogen and oxygen atoms in total. The summed E-state index contributed by atoms with van der Waals surface area (Å²) in [6.45, 7) is 3.64. The number of aromatic nitrogens is 2. The highest BCUT2D eigenvalue weighted by atomic mass is 19.4. The predicted molar refractivity (Wildman–Crippen MR) is 90.9 cm³/mol. The number of fused-ring (bicyclic) bond motifs is 3. The molecule has 8 heteroatoms. The molecule has 0 unspecified atom stereocenters. The van der Waals surface area contributed by atoms with Gasteiger partial charge in [0.25, 0.3) is 5.56 Å². The topological polar surface area (TPSA) is 63.6 Å². The van der Waals surface area contributed by atoms with Crippen LogP contribution in [0.3, 0.4) is 0 Å². The average Bonchev–Trinajstić information content (AvgIpc) is 2.89. The Balaban J connectivity index is 2.28. The highest BCUT2D eigenvalue weighted by Gasteiger charge is 2.30. The minimum Gasteiger partial charge on any atom is -0.463 e. The number of hydrogen-bond acceptors (Lipinski definition) is 3. The Hall–Kier alpha value is -3.03. The zero-order valence-corrected chi connectivity index (χ0v) is 14.0. The van der Waals surface area contributed by atoms with Crippen molar-refractivity contribution < 1.29 is 22.7 Å². The highest BCUT2D eigenvalue weighted by molar-refractivity contribution is 5.88. The van der Waals surface area contributed by atoms with E-state index in [-0.39, 0.29) is 17.6 Å². The van der Waals surface area contributed by atoms with Crippen LogP contribution < -0.4 is 5.56 Å². The van der Waals surface area contributed by atoms with Gasteiger partial charge in [0.1, 0.15) is 5.52 Å². The van der Waals surface area contributed by atoms with Crippen LogP contribution in [-0.4, -0.2) is 22.0 Å². The van der Waals surface area contributed by atoms with E-state index >= 15 is 0 Å². The number of ether oxygens (including phenoxy) is 1. The molecule has 0 bridgehead atoms. The van der Waals surface area contributed by atoms with Crippen LogP contribution in [0.5, 0.6) is 0 Å². The van der Waals surface area contributed by atoms with E-state index in [0.717, 1.165) is 12.1 Å². The third-order valence-electron chi connectivity index (χ3n) is 3.95. The lowest BCUT2D eigenvalue weighted by Gasteiger charge is -2.10. The van der Waals surface area contributed by atoms with Gasteiger partial charge in [-0.2, -0.15) is 13.2 Å². The Bertz CT molecular complexity index is 1090. The molecule has 0 spiro atoms. The molecule has 26 heavy (non-hydrogen) atoms. The van der Waals surface area contributed by atoms with Crippen LogP contribution in [0.25, 0.3) is 22.6 Å². The van der Waals surface area contributed by atoms with Gasteiger partial charge in [-0.25, -0.2) is 4.79 Å². The van der Waals surface area contributed by atoms with Crippen molar-refractivity contribution in [3.8, 4) is 0 Å². The molecule has 0 aliphatic heterocycles. The number of esters is 1. The van der Waals surface area contributed by atoms with Crippen molar-refractivity contribution in [2.45, 2.75) is 20.0 Å². The smallest absolute Gasteiger partial charge is 0.416 e. The van der Waals surface area contributed by atoms with Gasteiger partial charge in [-0.05, 0) is 49.8 Å². The zero-order chi connectivity index (χ0) is 19.1. The van der Waals surface area contributed by atoms with Crippen LogP contribution in [-0.2, 0) is 15.7 Å². The maximum absolute atomic E-state index is 12.9. The van der Waals surface area contributed by atoms with Crippen molar-refractivity contribution >= 4 is 28.6 Å². The number of aromatic amines is 1. The Kier molecular flexibility index (Phi) is 4.35. The summed E-state index contributed by atoms with van der Waals surface area (Å²) >= 11 is 0. The molecule has 0 radical (unpaired) electrons. The summed E-state index contributed by atoms with van der Waals surface area (Å²) < 4.78 is 45.2. The minimum absolute atomic E-state index is 0.0544. The third-order valence-corrected chi connectivity index (χ3v) is 3.95. The third kappa shape index (κ3) is 3.10. The summed E-state index contributed by atoms with van der Waals surface area (Å²) in [7, 11) is 0. The molecule has 3 rings (SSSR count). The number of benzene rings is 1. The number of carbonyl (C=O) groups excluding carboxylic acids is 1. The molecule has 3 aromatic rings. The minimum atomic E-state index is -4.51. The summed E-state index contributed by atoms with van der Waals surface area (Å²) in [5.74, 6) is -0.546. The van der Waals surface area contributed by atoms with E-state index in [0.29, 0.717) is 16.8 Å². The summed E-state index contributed by atoms with van der Waals surface area (Å²) in [6, 6.07) is 4.75. The van der Waals surface area contributed by atoms with E-state index in [1.807, 2.05) is 0 Å².